The van der Waals surface area contributed by atoms with E-state index in [4.69, 9.17) is 11.6 Å². The first-order valence-corrected chi connectivity index (χ1v) is 12.1. The van der Waals surface area contributed by atoms with Gasteiger partial charge in [0.25, 0.3) is 5.91 Å². The summed E-state index contributed by atoms with van der Waals surface area (Å²) in [5, 5.41) is 15.4. The Bertz CT molecular complexity index is 1020. The first kappa shape index (κ1) is 23.8. The van der Waals surface area contributed by atoms with Crippen molar-refractivity contribution in [1.29, 1.82) is 0 Å². The predicted molar refractivity (Wildman–Crippen MR) is 130 cm³/mol. The van der Waals surface area contributed by atoms with Crippen molar-refractivity contribution in [3.63, 3.8) is 0 Å². The van der Waals surface area contributed by atoms with Crippen LogP contribution in [0.1, 0.15) is 62.4 Å². The average molecular weight is 469 g/mol. The molecule has 33 heavy (non-hydrogen) atoms. The molecule has 6 heteroatoms. The molecule has 0 bridgehead atoms. The highest BCUT2D eigenvalue weighted by molar-refractivity contribution is 6.30. The Balaban J connectivity index is 1.50. The number of rotatable bonds is 4. The number of benzene rings is 2. The van der Waals surface area contributed by atoms with Gasteiger partial charge >= 0.3 is 0 Å². The fourth-order valence-electron chi connectivity index (χ4n) is 5.62. The number of hydrogen-bond donors (Lipinski definition) is 2. The average Bonchev–Trinajstić information content (AvgIpc) is 3.17. The molecular formula is C27H33ClN2O3. The number of hydrogen-bond acceptors (Lipinski definition) is 3. The summed E-state index contributed by atoms with van der Waals surface area (Å²) < 4.78 is 0. The number of likely N-dealkylation sites (tertiary alicyclic amines) is 1. The Morgan fingerprint density at radius 2 is 1.70 bits per heavy atom. The lowest BCUT2D eigenvalue weighted by atomic mass is 9.66. The van der Waals surface area contributed by atoms with Crippen LogP contribution in [0.15, 0.2) is 54.6 Å². The second-order valence-electron chi connectivity index (χ2n) is 10.4. The molecule has 1 saturated heterocycles. The zero-order chi connectivity index (χ0) is 23.9. The minimum absolute atomic E-state index is 0.0644. The zero-order valence-electron chi connectivity index (χ0n) is 19.6. The predicted octanol–water partition coefficient (Wildman–Crippen LogP) is 4.77. The monoisotopic (exact) mass is 468 g/mol. The van der Waals surface area contributed by atoms with Gasteiger partial charge in [-0.2, -0.15) is 0 Å². The lowest BCUT2D eigenvalue weighted by Gasteiger charge is -2.51. The van der Waals surface area contributed by atoms with Gasteiger partial charge in [-0.3, -0.25) is 9.59 Å². The van der Waals surface area contributed by atoms with Gasteiger partial charge < -0.3 is 15.3 Å². The minimum atomic E-state index is -1.05. The highest BCUT2D eigenvalue weighted by Gasteiger charge is 2.52. The summed E-state index contributed by atoms with van der Waals surface area (Å²) in [5.41, 5.74) is -0.752. The lowest BCUT2D eigenvalue weighted by molar-refractivity contribution is -0.158. The Kier molecular flexibility index (Phi) is 6.32. The number of amides is 2. The number of aliphatic hydroxyl groups is 1. The van der Waals surface area contributed by atoms with Gasteiger partial charge in [-0.05, 0) is 56.0 Å². The summed E-state index contributed by atoms with van der Waals surface area (Å²) in [7, 11) is 0. The van der Waals surface area contributed by atoms with Crippen molar-refractivity contribution in [2.45, 2.75) is 57.6 Å². The molecule has 1 aliphatic carbocycles. The highest BCUT2D eigenvalue weighted by atomic mass is 35.5. The molecule has 1 saturated carbocycles. The molecule has 2 aliphatic rings. The van der Waals surface area contributed by atoms with Crippen molar-refractivity contribution in [2.24, 2.45) is 11.3 Å². The summed E-state index contributed by atoms with van der Waals surface area (Å²) in [5.74, 6) is -0.355. The molecule has 5 nitrogen and oxygen atoms in total. The Morgan fingerprint density at radius 1 is 1.03 bits per heavy atom. The van der Waals surface area contributed by atoms with Crippen molar-refractivity contribution in [1.82, 2.24) is 10.2 Å². The third-order valence-electron chi connectivity index (χ3n) is 7.77. The van der Waals surface area contributed by atoms with Crippen LogP contribution in [0.3, 0.4) is 0 Å². The fourth-order valence-corrected chi connectivity index (χ4v) is 5.75. The van der Waals surface area contributed by atoms with Crippen LogP contribution in [0, 0.1) is 11.3 Å². The first-order chi connectivity index (χ1) is 15.6. The maximum absolute atomic E-state index is 13.7. The smallest absolute Gasteiger partial charge is 0.251 e. The van der Waals surface area contributed by atoms with E-state index < -0.39 is 16.6 Å². The van der Waals surface area contributed by atoms with E-state index in [1.807, 2.05) is 56.0 Å². The Labute approximate surface area is 201 Å². The van der Waals surface area contributed by atoms with Gasteiger partial charge in [0.1, 0.15) is 0 Å². The number of carbonyl (C=O) groups is 2. The van der Waals surface area contributed by atoms with E-state index >= 15 is 0 Å². The van der Waals surface area contributed by atoms with Crippen molar-refractivity contribution in [3.05, 3.63) is 70.7 Å². The number of piperidine rings is 1. The van der Waals surface area contributed by atoms with Gasteiger partial charge in [-0.15, -0.1) is 0 Å². The van der Waals surface area contributed by atoms with Gasteiger partial charge in [0, 0.05) is 34.6 Å². The molecule has 0 radical (unpaired) electrons. The van der Waals surface area contributed by atoms with Gasteiger partial charge in [0.05, 0.1) is 11.5 Å². The number of nitrogens with one attached hydrogen (secondary N) is 1. The van der Waals surface area contributed by atoms with Crippen molar-refractivity contribution < 1.29 is 14.7 Å². The summed E-state index contributed by atoms with van der Waals surface area (Å²) in [4.78, 5) is 28.4. The number of nitrogens with zero attached hydrogens (tertiary/aromatic N) is 1. The third kappa shape index (κ3) is 4.41. The van der Waals surface area contributed by atoms with Gasteiger partial charge in [-0.1, -0.05) is 62.2 Å². The van der Waals surface area contributed by atoms with Crippen LogP contribution in [0.25, 0.3) is 0 Å². The Morgan fingerprint density at radius 3 is 2.33 bits per heavy atom. The van der Waals surface area contributed by atoms with E-state index in [1.165, 1.54) is 0 Å². The van der Waals surface area contributed by atoms with Gasteiger partial charge in [-0.25, -0.2) is 0 Å². The van der Waals surface area contributed by atoms with E-state index in [0.29, 0.717) is 30.1 Å². The summed E-state index contributed by atoms with van der Waals surface area (Å²) in [6.07, 6.45) is 2.87. The van der Waals surface area contributed by atoms with Crippen molar-refractivity contribution in [3.8, 4) is 0 Å². The van der Waals surface area contributed by atoms with Crippen LogP contribution in [0.2, 0.25) is 5.02 Å². The number of carbonyl (C=O) groups excluding carboxylic acids is 2. The normalized spacial score (nSPS) is 29.0. The van der Waals surface area contributed by atoms with Crippen LogP contribution in [-0.2, 0) is 10.4 Å². The minimum Gasteiger partial charge on any atom is -0.384 e. The molecule has 0 spiro atoms. The Hall–Kier alpha value is -2.37. The van der Waals surface area contributed by atoms with E-state index in [0.717, 1.165) is 24.8 Å². The maximum atomic E-state index is 13.7. The molecule has 2 aromatic rings. The molecule has 2 fully saturated rings. The summed E-state index contributed by atoms with van der Waals surface area (Å²) in [6, 6.07) is 16.5. The molecule has 2 aromatic carbocycles. The second kappa shape index (κ2) is 8.77. The highest BCUT2D eigenvalue weighted by Crippen LogP contribution is 2.47. The van der Waals surface area contributed by atoms with Gasteiger partial charge in [0.15, 0.2) is 0 Å². The van der Waals surface area contributed by atoms with E-state index in [2.05, 4.69) is 5.32 Å². The lowest BCUT2D eigenvalue weighted by Crippen LogP contribution is -2.60. The second-order valence-corrected chi connectivity index (χ2v) is 10.9. The first-order valence-electron chi connectivity index (χ1n) is 11.7. The zero-order valence-corrected chi connectivity index (χ0v) is 20.4. The maximum Gasteiger partial charge on any atom is 0.251 e. The summed E-state index contributed by atoms with van der Waals surface area (Å²) >= 11 is 6.04. The van der Waals surface area contributed by atoms with Crippen LogP contribution in [0.4, 0.5) is 0 Å². The van der Waals surface area contributed by atoms with Gasteiger partial charge in [0.2, 0.25) is 5.91 Å². The van der Waals surface area contributed by atoms with Crippen molar-refractivity contribution in [2.75, 3.05) is 13.1 Å². The molecule has 1 aliphatic heterocycles. The molecule has 2 N–H and O–H groups in total. The molecule has 176 valence electrons. The van der Waals surface area contributed by atoms with E-state index in [-0.39, 0.29) is 17.7 Å². The molecule has 3 atom stereocenters. The number of halogens is 1. The van der Waals surface area contributed by atoms with Crippen molar-refractivity contribution >= 4 is 23.4 Å². The molecule has 0 unspecified atom stereocenters. The van der Waals surface area contributed by atoms with E-state index in [1.54, 1.807) is 24.3 Å². The largest absolute Gasteiger partial charge is 0.384 e. The van der Waals surface area contributed by atoms with Crippen LogP contribution < -0.4 is 5.32 Å². The standard InChI is InChI=1S/C27H33ClN2O3/c1-25(2)18-30(17-16-27(25,33)20-11-13-21(28)14-12-20)24(32)22-10-7-15-26(22,3)29-23(31)19-8-5-4-6-9-19/h4-6,8-9,11-14,22,33H,7,10,15-18H2,1-3H3,(H,29,31)/t22-,26-,27-/m0/s1. The SMILES string of the molecule is CC1(C)CN(C(=O)[C@@H]2CCC[C@]2(C)NC(=O)c2ccccc2)CC[C@]1(O)c1ccc(Cl)cc1. The van der Waals surface area contributed by atoms with Crippen LogP contribution in [-0.4, -0.2) is 40.4 Å². The molecular weight excluding hydrogens is 436 g/mol. The summed E-state index contributed by atoms with van der Waals surface area (Å²) in [6.45, 7) is 6.92. The van der Waals surface area contributed by atoms with Crippen LogP contribution in [0.5, 0.6) is 0 Å². The quantitative estimate of drug-likeness (QED) is 0.678. The molecule has 2 amide bonds. The van der Waals surface area contributed by atoms with E-state index in [9.17, 15) is 14.7 Å². The molecule has 4 rings (SSSR count). The topological polar surface area (TPSA) is 69.6 Å². The third-order valence-corrected chi connectivity index (χ3v) is 8.03. The van der Waals surface area contributed by atoms with Crippen LogP contribution >= 0.6 is 11.6 Å². The molecule has 1 heterocycles. The fraction of sp³-hybridized carbons (Fsp3) is 0.481. The molecule has 0 aromatic heterocycles.